The molecule has 5 nitrogen and oxygen atoms in total. The van der Waals surface area contributed by atoms with Gasteiger partial charge in [-0.1, -0.05) is 16.7 Å². The van der Waals surface area contributed by atoms with Crippen molar-refractivity contribution in [3.05, 3.63) is 11.4 Å². The van der Waals surface area contributed by atoms with Crippen molar-refractivity contribution < 1.29 is 4.63 Å². The molecule has 1 aliphatic rings. The molecule has 1 fully saturated rings. The summed E-state index contributed by atoms with van der Waals surface area (Å²) in [4.78, 5) is 2.52. The molecule has 0 aromatic carbocycles. The second-order valence-corrected chi connectivity index (χ2v) is 4.38. The van der Waals surface area contributed by atoms with Crippen LogP contribution in [0, 0.1) is 6.92 Å². The molecule has 16 heavy (non-hydrogen) atoms. The van der Waals surface area contributed by atoms with Gasteiger partial charge in [-0.05, 0) is 32.9 Å². The van der Waals surface area contributed by atoms with E-state index in [1.165, 1.54) is 32.4 Å². The quantitative estimate of drug-likeness (QED) is 0.755. The van der Waals surface area contributed by atoms with Crippen LogP contribution in [0.15, 0.2) is 4.63 Å². The number of aromatic nitrogens is 2. The van der Waals surface area contributed by atoms with Gasteiger partial charge in [0, 0.05) is 19.6 Å². The Hall–Kier alpha value is -0.940. The molecule has 90 valence electrons. The maximum Gasteiger partial charge on any atom is 0.121 e. The summed E-state index contributed by atoms with van der Waals surface area (Å²) in [7, 11) is 0. The molecule has 0 bridgehead atoms. The van der Waals surface area contributed by atoms with E-state index in [4.69, 9.17) is 0 Å². The number of aryl methyl sites for hydroxylation is 1. The van der Waals surface area contributed by atoms with E-state index in [1.807, 2.05) is 6.92 Å². The summed E-state index contributed by atoms with van der Waals surface area (Å²) in [5.41, 5.74) is 1.80. The van der Waals surface area contributed by atoms with E-state index < -0.39 is 0 Å². The highest BCUT2D eigenvalue weighted by atomic mass is 16.6. The van der Waals surface area contributed by atoms with Gasteiger partial charge in [-0.15, -0.1) is 0 Å². The molecule has 1 aromatic heterocycles. The molecule has 5 heteroatoms. The lowest BCUT2D eigenvalue weighted by atomic mass is 10.1. The first-order valence-electron chi connectivity index (χ1n) is 6.07. The summed E-state index contributed by atoms with van der Waals surface area (Å²) in [6.07, 6.45) is 4.10. The van der Waals surface area contributed by atoms with Crippen LogP contribution in [0.5, 0.6) is 0 Å². The Morgan fingerprint density at radius 2 is 2.06 bits per heavy atom. The third-order valence-electron chi connectivity index (χ3n) is 3.09. The van der Waals surface area contributed by atoms with Crippen LogP contribution in [0.1, 0.15) is 30.7 Å². The van der Waals surface area contributed by atoms with E-state index in [-0.39, 0.29) is 0 Å². The zero-order valence-electron chi connectivity index (χ0n) is 9.91. The molecular weight excluding hydrogens is 204 g/mol. The second-order valence-electron chi connectivity index (χ2n) is 4.38. The highest BCUT2D eigenvalue weighted by Crippen LogP contribution is 2.07. The van der Waals surface area contributed by atoms with Gasteiger partial charge in [0.1, 0.15) is 11.4 Å². The van der Waals surface area contributed by atoms with E-state index in [1.54, 1.807) is 0 Å². The first-order valence-corrected chi connectivity index (χ1v) is 6.07. The molecule has 0 saturated carbocycles. The van der Waals surface area contributed by atoms with Crippen LogP contribution in [-0.2, 0) is 6.54 Å². The molecule has 2 rings (SSSR count). The van der Waals surface area contributed by atoms with Gasteiger partial charge in [-0.2, -0.15) is 0 Å². The fourth-order valence-corrected chi connectivity index (χ4v) is 2.04. The van der Waals surface area contributed by atoms with Crippen LogP contribution < -0.4 is 5.32 Å². The molecule has 0 aliphatic carbocycles. The van der Waals surface area contributed by atoms with Gasteiger partial charge in [-0.25, -0.2) is 4.63 Å². The summed E-state index contributed by atoms with van der Waals surface area (Å²) < 4.78 is 4.64. The molecule has 1 saturated heterocycles. The van der Waals surface area contributed by atoms with Gasteiger partial charge in [0.15, 0.2) is 0 Å². The van der Waals surface area contributed by atoms with Crippen LogP contribution in [0.4, 0.5) is 0 Å². The van der Waals surface area contributed by atoms with E-state index in [0.717, 1.165) is 31.0 Å². The summed E-state index contributed by atoms with van der Waals surface area (Å²) in [6.45, 7) is 7.32. The van der Waals surface area contributed by atoms with Crippen LogP contribution in [-0.4, -0.2) is 41.4 Å². The largest absolute Gasteiger partial charge is 0.310 e. The van der Waals surface area contributed by atoms with Crippen LogP contribution in [0.2, 0.25) is 0 Å². The third-order valence-corrected chi connectivity index (χ3v) is 3.09. The lowest BCUT2D eigenvalue weighted by Gasteiger charge is -2.26. The van der Waals surface area contributed by atoms with Gasteiger partial charge in [0.25, 0.3) is 0 Å². The maximum atomic E-state index is 4.64. The van der Waals surface area contributed by atoms with Gasteiger partial charge in [0.2, 0.25) is 0 Å². The Morgan fingerprint density at radius 1 is 1.25 bits per heavy atom. The Bertz CT molecular complexity index is 307. The average Bonchev–Trinajstić information content (AvgIpc) is 2.72. The van der Waals surface area contributed by atoms with Crippen molar-refractivity contribution in [2.24, 2.45) is 0 Å². The predicted octanol–water partition coefficient (Wildman–Crippen LogP) is 0.954. The summed E-state index contributed by atoms with van der Waals surface area (Å²) >= 11 is 0. The topological polar surface area (TPSA) is 54.2 Å². The van der Waals surface area contributed by atoms with Crippen molar-refractivity contribution in [1.29, 1.82) is 0 Å². The minimum Gasteiger partial charge on any atom is -0.310 e. The smallest absolute Gasteiger partial charge is 0.121 e. The third kappa shape index (κ3) is 3.28. The number of hydrogen-bond acceptors (Lipinski definition) is 5. The maximum absolute atomic E-state index is 4.64. The fraction of sp³-hybridized carbons (Fsp3) is 0.818. The number of hydrogen-bond donors (Lipinski definition) is 1. The second kappa shape index (κ2) is 5.96. The van der Waals surface area contributed by atoms with Crippen molar-refractivity contribution in [3.63, 3.8) is 0 Å². The predicted molar refractivity (Wildman–Crippen MR) is 61.0 cm³/mol. The van der Waals surface area contributed by atoms with Crippen LogP contribution in [0.3, 0.4) is 0 Å². The molecule has 1 aliphatic heterocycles. The molecule has 0 radical (unpaired) electrons. The lowest BCUT2D eigenvalue weighted by molar-refractivity contribution is 0.228. The number of nitrogens with one attached hydrogen (secondary N) is 1. The number of piperidine rings is 1. The highest BCUT2D eigenvalue weighted by molar-refractivity contribution is 5.03. The Labute approximate surface area is 96.2 Å². The molecule has 0 atom stereocenters. The average molecular weight is 224 g/mol. The molecule has 1 N–H and O–H groups in total. The summed E-state index contributed by atoms with van der Waals surface area (Å²) in [5, 5.41) is 11.0. The molecule has 2 heterocycles. The SMILES string of the molecule is Cc1nonc1CNCCN1CCCCC1. The Morgan fingerprint density at radius 3 is 2.75 bits per heavy atom. The van der Waals surface area contributed by atoms with E-state index in [2.05, 4.69) is 25.2 Å². The Kier molecular flexibility index (Phi) is 4.30. The van der Waals surface area contributed by atoms with E-state index in [0.29, 0.717) is 0 Å². The monoisotopic (exact) mass is 224 g/mol. The highest BCUT2D eigenvalue weighted by Gasteiger charge is 2.09. The van der Waals surface area contributed by atoms with Crippen molar-refractivity contribution in [2.45, 2.75) is 32.7 Å². The minimum atomic E-state index is 0.753. The molecule has 1 aromatic rings. The minimum absolute atomic E-state index is 0.753. The van der Waals surface area contributed by atoms with Crippen molar-refractivity contribution in [2.75, 3.05) is 26.2 Å². The molecule has 0 spiro atoms. The van der Waals surface area contributed by atoms with Crippen molar-refractivity contribution in [1.82, 2.24) is 20.5 Å². The normalized spacial score (nSPS) is 17.8. The van der Waals surface area contributed by atoms with Gasteiger partial charge >= 0.3 is 0 Å². The summed E-state index contributed by atoms with van der Waals surface area (Å²) in [6, 6.07) is 0. The van der Waals surface area contributed by atoms with Crippen molar-refractivity contribution >= 4 is 0 Å². The van der Waals surface area contributed by atoms with Gasteiger partial charge in [-0.3, -0.25) is 0 Å². The summed E-state index contributed by atoms with van der Waals surface area (Å²) in [5.74, 6) is 0. The zero-order chi connectivity index (χ0) is 11.2. The van der Waals surface area contributed by atoms with Gasteiger partial charge in [0.05, 0.1) is 0 Å². The van der Waals surface area contributed by atoms with E-state index >= 15 is 0 Å². The first kappa shape index (κ1) is 11.5. The lowest BCUT2D eigenvalue weighted by Crippen LogP contribution is -2.35. The van der Waals surface area contributed by atoms with Crippen LogP contribution in [0.25, 0.3) is 0 Å². The molecule has 0 amide bonds. The number of rotatable bonds is 5. The Balaban J connectivity index is 1.59. The van der Waals surface area contributed by atoms with Crippen LogP contribution >= 0.6 is 0 Å². The first-order chi connectivity index (χ1) is 7.86. The standard InChI is InChI=1S/C11H20N4O/c1-10-11(14-16-13-10)9-12-5-8-15-6-3-2-4-7-15/h12H,2-9H2,1H3. The van der Waals surface area contributed by atoms with Gasteiger partial charge < -0.3 is 10.2 Å². The molecule has 0 unspecified atom stereocenters. The molecular formula is C11H20N4O. The van der Waals surface area contributed by atoms with Crippen molar-refractivity contribution in [3.8, 4) is 0 Å². The number of nitrogens with zero attached hydrogens (tertiary/aromatic N) is 3. The zero-order valence-corrected chi connectivity index (χ0v) is 9.91. The number of likely N-dealkylation sites (tertiary alicyclic amines) is 1. The van der Waals surface area contributed by atoms with E-state index in [9.17, 15) is 0 Å². The fourth-order valence-electron chi connectivity index (χ4n) is 2.04.